The summed E-state index contributed by atoms with van der Waals surface area (Å²) in [5.74, 6) is 0. The van der Waals surface area contributed by atoms with Gasteiger partial charge in [-0.25, -0.2) is 9.78 Å². The van der Waals surface area contributed by atoms with E-state index in [4.69, 9.17) is 5.11 Å². The number of imidazole rings is 1. The Balaban J connectivity index is 1.86. The zero-order valence-electron chi connectivity index (χ0n) is 11.3. The zero-order chi connectivity index (χ0) is 14.8. The Kier molecular flexibility index (Phi) is 3.39. The third kappa shape index (κ3) is 2.49. The largest absolute Gasteiger partial charge is 0.465 e. The van der Waals surface area contributed by atoms with Gasteiger partial charge in [0.1, 0.15) is 5.69 Å². The highest BCUT2D eigenvalue weighted by Crippen LogP contribution is 2.19. The standard InChI is InChI=1S/C14H14N4O3/c19-8-12-10(2-1-4-15-12)6-18-9-16-11-7-17(14(20)21)5-3-13(11)18/h1-2,4,8-9H,3,5-7H2,(H,20,21). The van der Waals surface area contributed by atoms with E-state index < -0.39 is 6.09 Å². The highest BCUT2D eigenvalue weighted by atomic mass is 16.4. The third-order valence-electron chi connectivity index (χ3n) is 3.64. The van der Waals surface area contributed by atoms with E-state index in [0.29, 0.717) is 31.7 Å². The summed E-state index contributed by atoms with van der Waals surface area (Å²) in [4.78, 5) is 31.7. The summed E-state index contributed by atoms with van der Waals surface area (Å²) in [6.45, 7) is 1.28. The van der Waals surface area contributed by atoms with Crippen LogP contribution in [-0.4, -0.2) is 43.5 Å². The van der Waals surface area contributed by atoms with Crippen LogP contribution in [0.25, 0.3) is 0 Å². The maximum absolute atomic E-state index is 11.0. The van der Waals surface area contributed by atoms with E-state index in [1.807, 2.05) is 10.6 Å². The molecule has 0 saturated carbocycles. The van der Waals surface area contributed by atoms with Crippen molar-refractivity contribution in [3.05, 3.63) is 47.3 Å². The van der Waals surface area contributed by atoms with E-state index in [1.165, 1.54) is 4.90 Å². The summed E-state index contributed by atoms with van der Waals surface area (Å²) >= 11 is 0. The molecule has 2 aromatic heterocycles. The van der Waals surface area contributed by atoms with Gasteiger partial charge in [-0.15, -0.1) is 0 Å². The first kappa shape index (κ1) is 13.3. The molecule has 0 atom stereocenters. The van der Waals surface area contributed by atoms with Crippen molar-refractivity contribution in [1.29, 1.82) is 0 Å². The molecule has 1 aliphatic heterocycles. The van der Waals surface area contributed by atoms with Gasteiger partial charge in [0, 0.05) is 30.4 Å². The van der Waals surface area contributed by atoms with Crippen LogP contribution in [0.3, 0.4) is 0 Å². The Morgan fingerprint density at radius 3 is 3.05 bits per heavy atom. The van der Waals surface area contributed by atoms with Gasteiger partial charge in [-0.05, 0) is 6.07 Å². The number of nitrogens with zero attached hydrogens (tertiary/aromatic N) is 4. The van der Waals surface area contributed by atoms with Crippen LogP contribution in [0.5, 0.6) is 0 Å². The molecule has 1 N–H and O–H groups in total. The smallest absolute Gasteiger partial charge is 0.407 e. The molecule has 0 radical (unpaired) electrons. The fraction of sp³-hybridized carbons (Fsp3) is 0.286. The maximum Gasteiger partial charge on any atom is 0.407 e. The molecule has 0 aromatic carbocycles. The predicted molar refractivity (Wildman–Crippen MR) is 73.1 cm³/mol. The van der Waals surface area contributed by atoms with Gasteiger partial charge in [0.15, 0.2) is 6.29 Å². The Bertz CT molecular complexity index is 695. The van der Waals surface area contributed by atoms with Crippen LogP contribution >= 0.6 is 0 Å². The van der Waals surface area contributed by atoms with Gasteiger partial charge in [0.05, 0.1) is 25.1 Å². The van der Waals surface area contributed by atoms with E-state index in [0.717, 1.165) is 23.2 Å². The molecule has 3 heterocycles. The van der Waals surface area contributed by atoms with Crippen LogP contribution in [0.1, 0.15) is 27.4 Å². The summed E-state index contributed by atoms with van der Waals surface area (Å²) in [7, 11) is 0. The topological polar surface area (TPSA) is 88.3 Å². The quantitative estimate of drug-likeness (QED) is 0.856. The van der Waals surface area contributed by atoms with Gasteiger partial charge in [-0.2, -0.15) is 0 Å². The number of carboxylic acid groups (broad SMARTS) is 1. The monoisotopic (exact) mass is 286 g/mol. The average Bonchev–Trinajstić information content (AvgIpc) is 2.90. The van der Waals surface area contributed by atoms with E-state index in [2.05, 4.69) is 9.97 Å². The number of aldehydes is 1. The molecule has 0 spiro atoms. The minimum atomic E-state index is -0.925. The molecule has 3 rings (SSSR count). The second kappa shape index (κ2) is 5.35. The molecule has 0 bridgehead atoms. The normalized spacial score (nSPS) is 13.8. The summed E-state index contributed by atoms with van der Waals surface area (Å²) in [5.41, 5.74) is 3.05. The van der Waals surface area contributed by atoms with E-state index in [1.54, 1.807) is 18.6 Å². The first-order chi connectivity index (χ1) is 10.2. The van der Waals surface area contributed by atoms with E-state index in [-0.39, 0.29) is 0 Å². The lowest BCUT2D eigenvalue weighted by molar-refractivity contribution is 0.111. The maximum atomic E-state index is 11.0. The summed E-state index contributed by atoms with van der Waals surface area (Å²) < 4.78 is 1.96. The predicted octanol–water partition coefficient (Wildman–Crippen LogP) is 1.17. The Morgan fingerprint density at radius 1 is 1.43 bits per heavy atom. The molecule has 108 valence electrons. The molecule has 0 aliphatic carbocycles. The SMILES string of the molecule is O=Cc1ncccc1Cn1cnc2c1CCN(C(=O)O)C2. The summed E-state index contributed by atoms with van der Waals surface area (Å²) in [5, 5.41) is 9.02. The lowest BCUT2D eigenvalue weighted by atomic mass is 10.1. The van der Waals surface area contributed by atoms with Crippen LogP contribution in [0.2, 0.25) is 0 Å². The number of hydrogen-bond donors (Lipinski definition) is 1. The van der Waals surface area contributed by atoms with Crippen LogP contribution < -0.4 is 0 Å². The third-order valence-corrected chi connectivity index (χ3v) is 3.64. The van der Waals surface area contributed by atoms with Gasteiger partial charge in [-0.1, -0.05) is 6.07 Å². The minimum Gasteiger partial charge on any atom is -0.465 e. The van der Waals surface area contributed by atoms with Crippen molar-refractivity contribution in [1.82, 2.24) is 19.4 Å². The van der Waals surface area contributed by atoms with Crippen LogP contribution in [0.4, 0.5) is 4.79 Å². The first-order valence-electron chi connectivity index (χ1n) is 6.59. The number of carbonyl (C=O) groups is 2. The van der Waals surface area contributed by atoms with Gasteiger partial charge < -0.3 is 14.6 Å². The fourth-order valence-electron chi connectivity index (χ4n) is 2.54. The zero-order valence-corrected chi connectivity index (χ0v) is 11.3. The number of pyridine rings is 1. The molecule has 1 amide bonds. The number of fused-ring (bicyclic) bond motifs is 1. The molecular formula is C14H14N4O3. The summed E-state index contributed by atoms with van der Waals surface area (Å²) in [6.07, 6.45) is 3.72. The number of rotatable bonds is 3. The van der Waals surface area contributed by atoms with Gasteiger partial charge >= 0.3 is 6.09 Å². The van der Waals surface area contributed by atoms with Gasteiger partial charge in [0.2, 0.25) is 0 Å². The average molecular weight is 286 g/mol. The van der Waals surface area contributed by atoms with Crippen molar-refractivity contribution in [2.75, 3.05) is 6.54 Å². The number of carbonyl (C=O) groups excluding carboxylic acids is 1. The molecule has 7 nitrogen and oxygen atoms in total. The molecule has 21 heavy (non-hydrogen) atoms. The summed E-state index contributed by atoms with van der Waals surface area (Å²) in [6, 6.07) is 3.65. The van der Waals surface area contributed by atoms with Crippen molar-refractivity contribution in [2.45, 2.75) is 19.5 Å². The van der Waals surface area contributed by atoms with Gasteiger partial charge in [0.25, 0.3) is 0 Å². The number of amides is 1. The van der Waals surface area contributed by atoms with Crippen molar-refractivity contribution in [3.8, 4) is 0 Å². The fourth-order valence-corrected chi connectivity index (χ4v) is 2.54. The second-order valence-corrected chi connectivity index (χ2v) is 4.89. The van der Waals surface area contributed by atoms with Crippen molar-refractivity contribution < 1.29 is 14.7 Å². The Morgan fingerprint density at radius 2 is 2.29 bits per heavy atom. The van der Waals surface area contributed by atoms with Crippen molar-refractivity contribution in [3.63, 3.8) is 0 Å². The van der Waals surface area contributed by atoms with Crippen LogP contribution in [0.15, 0.2) is 24.7 Å². The lowest BCUT2D eigenvalue weighted by Gasteiger charge is -2.24. The van der Waals surface area contributed by atoms with Crippen LogP contribution in [0, 0.1) is 0 Å². The molecular weight excluding hydrogens is 272 g/mol. The molecule has 1 aliphatic rings. The Labute approximate surface area is 120 Å². The minimum absolute atomic E-state index is 0.311. The molecule has 0 unspecified atom stereocenters. The van der Waals surface area contributed by atoms with E-state index >= 15 is 0 Å². The first-order valence-corrected chi connectivity index (χ1v) is 6.59. The van der Waals surface area contributed by atoms with Crippen LogP contribution in [-0.2, 0) is 19.5 Å². The van der Waals surface area contributed by atoms with Crippen molar-refractivity contribution >= 4 is 12.4 Å². The van der Waals surface area contributed by atoms with Gasteiger partial charge in [-0.3, -0.25) is 9.78 Å². The molecule has 0 fully saturated rings. The molecule has 7 heteroatoms. The second-order valence-electron chi connectivity index (χ2n) is 4.89. The van der Waals surface area contributed by atoms with E-state index in [9.17, 15) is 9.59 Å². The lowest BCUT2D eigenvalue weighted by Crippen LogP contribution is -2.35. The van der Waals surface area contributed by atoms with Crippen molar-refractivity contribution in [2.24, 2.45) is 0 Å². The highest BCUT2D eigenvalue weighted by molar-refractivity contribution is 5.74. The molecule has 0 saturated heterocycles. The Hall–Kier alpha value is -2.70. The highest BCUT2D eigenvalue weighted by Gasteiger charge is 2.24. The number of aromatic nitrogens is 3. The number of hydrogen-bond acceptors (Lipinski definition) is 4. The molecule has 2 aromatic rings.